The van der Waals surface area contributed by atoms with Crippen molar-refractivity contribution in [2.24, 2.45) is 5.41 Å². The van der Waals surface area contributed by atoms with E-state index in [1.807, 2.05) is 6.92 Å². The number of sulfone groups is 1. The Morgan fingerprint density at radius 2 is 1.84 bits per heavy atom. The molecule has 1 rings (SSSR count). The van der Waals surface area contributed by atoms with Crippen LogP contribution in [-0.2, 0) is 14.6 Å². The van der Waals surface area contributed by atoms with Gasteiger partial charge in [-0.15, -0.1) is 0 Å². The maximum atomic E-state index is 11.9. The molecule has 0 aromatic heterocycles. The molecule has 0 aliphatic carbocycles. The smallest absolute Gasteiger partial charge is 0.150 e. The summed E-state index contributed by atoms with van der Waals surface area (Å²) in [5, 5.41) is 3.47. The molecule has 4 nitrogen and oxygen atoms in total. The molecule has 0 unspecified atom stereocenters. The lowest BCUT2D eigenvalue weighted by Crippen LogP contribution is -2.42. The lowest BCUT2D eigenvalue weighted by molar-refractivity contribution is 0.0124. The van der Waals surface area contributed by atoms with Gasteiger partial charge in [-0.2, -0.15) is 0 Å². The first-order valence-corrected chi connectivity index (χ1v) is 9.23. The Bertz CT molecular complexity index is 346. The fourth-order valence-electron chi connectivity index (χ4n) is 2.53. The van der Waals surface area contributed by atoms with Crippen LogP contribution in [0, 0.1) is 5.41 Å². The summed E-state index contributed by atoms with van der Waals surface area (Å²) >= 11 is 0. The van der Waals surface area contributed by atoms with E-state index in [1.54, 1.807) is 0 Å². The molecule has 1 heterocycles. The van der Waals surface area contributed by atoms with Gasteiger partial charge in [-0.1, -0.05) is 20.8 Å². The lowest BCUT2D eigenvalue weighted by atomic mass is 9.77. The van der Waals surface area contributed by atoms with Crippen molar-refractivity contribution in [1.82, 2.24) is 5.32 Å². The zero-order chi connectivity index (χ0) is 14.4. The Kier molecular flexibility index (Phi) is 6.77. The van der Waals surface area contributed by atoms with Gasteiger partial charge in [-0.05, 0) is 31.1 Å². The lowest BCUT2D eigenvalue weighted by Gasteiger charge is -2.38. The van der Waals surface area contributed by atoms with Crippen LogP contribution < -0.4 is 5.32 Å². The monoisotopic (exact) mass is 291 g/mol. The maximum Gasteiger partial charge on any atom is 0.150 e. The number of hydrogen-bond acceptors (Lipinski definition) is 4. The summed E-state index contributed by atoms with van der Waals surface area (Å²) in [6.45, 7) is 8.58. The zero-order valence-corrected chi connectivity index (χ0v) is 13.4. The number of nitrogens with one attached hydrogen (secondary N) is 1. The van der Waals surface area contributed by atoms with Crippen LogP contribution in [0.3, 0.4) is 0 Å². The highest BCUT2D eigenvalue weighted by atomic mass is 32.2. The van der Waals surface area contributed by atoms with E-state index in [9.17, 15) is 8.42 Å². The highest BCUT2D eigenvalue weighted by Gasteiger charge is 2.33. The fourth-order valence-corrected chi connectivity index (χ4v) is 4.10. The van der Waals surface area contributed by atoms with Gasteiger partial charge in [0.05, 0.1) is 5.75 Å². The van der Waals surface area contributed by atoms with E-state index in [0.717, 1.165) is 39.0 Å². The standard InChI is InChI=1S/C14H29NO3S/c1-4-10-19(16,17)11-7-14(12-15-13(2)3)5-8-18-9-6-14/h13,15H,4-12H2,1-3H3. The second kappa shape index (κ2) is 7.60. The zero-order valence-electron chi connectivity index (χ0n) is 12.6. The van der Waals surface area contributed by atoms with Crippen LogP contribution >= 0.6 is 0 Å². The number of hydrogen-bond donors (Lipinski definition) is 1. The summed E-state index contributed by atoms with van der Waals surface area (Å²) in [6.07, 6.45) is 3.41. The third kappa shape index (κ3) is 6.23. The summed E-state index contributed by atoms with van der Waals surface area (Å²) in [5.74, 6) is 0.637. The molecule has 5 heteroatoms. The molecule has 0 atom stereocenters. The molecule has 0 saturated carbocycles. The molecule has 0 aromatic rings. The van der Waals surface area contributed by atoms with Crippen molar-refractivity contribution >= 4 is 9.84 Å². The molecule has 0 radical (unpaired) electrons. The molecular weight excluding hydrogens is 262 g/mol. The van der Waals surface area contributed by atoms with Crippen LogP contribution in [0.2, 0.25) is 0 Å². The topological polar surface area (TPSA) is 55.4 Å². The molecule has 114 valence electrons. The van der Waals surface area contributed by atoms with Crippen LogP contribution in [0.4, 0.5) is 0 Å². The van der Waals surface area contributed by atoms with Crippen molar-refractivity contribution in [3.63, 3.8) is 0 Å². The largest absolute Gasteiger partial charge is 0.381 e. The molecule has 1 fully saturated rings. The van der Waals surface area contributed by atoms with Gasteiger partial charge in [-0.3, -0.25) is 0 Å². The quantitative estimate of drug-likeness (QED) is 0.743. The average molecular weight is 291 g/mol. The first-order valence-electron chi connectivity index (χ1n) is 7.41. The highest BCUT2D eigenvalue weighted by molar-refractivity contribution is 7.91. The predicted molar refractivity (Wildman–Crippen MR) is 79.2 cm³/mol. The third-order valence-corrected chi connectivity index (χ3v) is 5.75. The van der Waals surface area contributed by atoms with Crippen molar-refractivity contribution < 1.29 is 13.2 Å². The third-order valence-electron chi connectivity index (χ3n) is 3.90. The Hall–Kier alpha value is -0.130. The van der Waals surface area contributed by atoms with Gasteiger partial charge in [0, 0.05) is 31.6 Å². The molecule has 19 heavy (non-hydrogen) atoms. The molecule has 0 bridgehead atoms. The molecular formula is C14H29NO3S. The highest BCUT2D eigenvalue weighted by Crippen LogP contribution is 2.34. The molecule has 0 amide bonds. The van der Waals surface area contributed by atoms with Crippen molar-refractivity contribution in [2.75, 3.05) is 31.3 Å². The Labute approximate surface area is 118 Å². The number of rotatable bonds is 8. The van der Waals surface area contributed by atoms with Crippen molar-refractivity contribution in [1.29, 1.82) is 0 Å². The number of ether oxygens (including phenoxy) is 1. The van der Waals surface area contributed by atoms with Crippen molar-refractivity contribution in [3.05, 3.63) is 0 Å². The summed E-state index contributed by atoms with van der Waals surface area (Å²) in [6, 6.07) is 0.437. The maximum absolute atomic E-state index is 11.9. The van der Waals surface area contributed by atoms with E-state index in [2.05, 4.69) is 19.2 Å². The van der Waals surface area contributed by atoms with E-state index in [-0.39, 0.29) is 5.41 Å². The minimum Gasteiger partial charge on any atom is -0.381 e. The van der Waals surface area contributed by atoms with E-state index in [0.29, 0.717) is 24.0 Å². The second-order valence-corrected chi connectivity index (χ2v) is 8.35. The first-order chi connectivity index (χ1) is 8.89. The summed E-state index contributed by atoms with van der Waals surface area (Å²) in [7, 11) is -2.88. The summed E-state index contributed by atoms with van der Waals surface area (Å²) in [4.78, 5) is 0. The molecule has 1 N–H and O–H groups in total. The molecule has 1 saturated heterocycles. The molecule has 0 spiro atoms. The Morgan fingerprint density at radius 3 is 2.37 bits per heavy atom. The fraction of sp³-hybridized carbons (Fsp3) is 1.00. The van der Waals surface area contributed by atoms with Crippen molar-refractivity contribution in [3.8, 4) is 0 Å². The Morgan fingerprint density at radius 1 is 1.21 bits per heavy atom. The van der Waals surface area contributed by atoms with E-state index in [4.69, 9.17) is 4.74 Å². The average Bonchev–Trinajstić information content (AvgIpc) is 2.36. The van der Waals surface area contributed by atoms with E-state index in [1.165, 1.54) is 0 Å². The van der Waals surface area contributed by atoms with Gasteiger partial charge in [0.15, 0.2) is 0 Å². The van der Waals surface area contributed by atoms with Crippen molar-refractivity contribution in [2.45, 2.75) is 52.5 Å². The van der Waals surface area contributed by atoms with Crippen LogP contribution in [0.1, 0.15) is 46.5 Å². The molecule has 1 aliphatic heterocycles. The van der Waals surface area contributed by atoms with Crippen LogP contribution in [0.15, 0.2) is 0 Å². The summed E-state index contributed by atoms with van der Waals surface area (Å²) < 4.78 is 29.2. The SMILES string of the molecule is CCCS(=O)(=O)CCC1(CNC(C)C)CCOCC1. The molecule has 1 aliphatic rings. The van der Waals surface area contributed by atoms with Crippen LogP contribution in [0.25, 0.3) is 0 Å². The minimum atomic E-state index is -2.88. The van der Waals surface area contributed by atoms with Gasteiger partial charge in [-0.25, -0.2) is 8.42 Å². The van der Waals surface area contributed by atoms with Gasteiger partial charge >= 0.3 is 0 Å². The van der Waals surface area contributed by atoms with E-state index < -0.39 is 9.84 Å². The van der Waals surface area contributed by atoms with E-state index >= 15 is 0 Å². The second-order valence-electron chi connectivity index (χ2n) is 6.05. The summed E-state index contributed by atoms with van der Waals surface area (Å²) in [5.41, 5.74) is 0.101. The van der Waals surface area contributed by atoms with Gasteiger partial charge in [0.1, 0.15) is 9.84 Å². The normalized spacial score (nSPS) is 19.8. The van der Waals surface area contributed by atoms with Crippen LogP contribution in [-0.4, -0.2) is 45.7 Å². The first kappa shape index (κ1) is 16.9. The van der Waals surface area contributed by atoms with Gasteiger partial charge < -0.3 is 10.1 Å². The Balaban J connectivity index is 2.59. The predicted octanol–water partition coefficient (Wildman–Crippen LogP) is 2.00. The molecule has 0 aromatic carbocycles. The van der Waals surface area contributed by atoms with Crippen LogP contribution in [0.5, 0.6) is 0 Å². The van der Waals surface area contributed by atoms with Gasteiger partial charge in [0.2, 0.25) is 0 Å². The van der Waals surface area contributed by atoms with Gasteiger partial charge in [0.25, 0.3) is 0 Å². The minimum absolute atomic E-state index is 0.101.